The summed E-state index contributed by atoms with van der Waals surface area (Å²) in [5, 5.41) is 8.50. The average Bonchev–Trinajstić information content (AvgIpc) is 1.98. The summed E-state index contributed by atoms with van der Waals surface area (Å²) in [5.41, 5.74) is -0.673. The van der Waals surface area contributed by atoms with Gasteiger partial charge in [-0.05, 0) is 34.1 Å². The van der Waals surface area contributed by atoms with Crippen LogP contribution in [0, 0.1) is 5.92 Å². The van der Waals surface area contributed by atoms with Gasteiger partial charge in [-0.1, -0.05) is 0 Å². The normalized spacial score (nSPS) is 13.0. The molecule has 0 radical (unpaired) electrons. The van der Waals surface area contributed by atoms with Crippen LogP contribution in [-0.2, 0) is 19.1 Å². The minimum Gasteiger partial charge on any atom is -0.481 e. The maximum absolute atomic E-state index is 11.6. The number of ketones is 1. The third kappa shape index (κ3) is 6.16. The zero-order valence-corrected chi connectivity index (χ0v) is 10.1. The molecule has 0 heterocycles. The average molecular weight is 230 g/mol. The molecule has 0 rings (SSSR count). The topological polar surface area (TPSA) is 80.7 Å². The van der Waals surface area contributed by atoms with Crippen molar-refractivity contribution in [2.24, 2.45) is 5.92 Å². The van der Waals surface area contributed by atoms with Gasteiger partial charge in [0.25, 0.3) is 0 Å². The molecular weight excluding hydrogens is 212 g/mol. The van der Waals surface area contributed by atoms with Crippen LogP contribution in [0.15, 0.2) is 0 Å². The molecule has 5 nitrogen and oxygen atoms in total. The Morgan fingerprint density at radius 1 is 1.25 bits per heavy atom. The van der Waals surface area contributed by atoms with Crippen molar-refractivity contribution in [2.75, 3.05) is 0 Å². The summed E-state index contributed by atoms with van der Waals surface area (Å²) in [4.78, 5) is 33.1. The van der Waals surface area contributed by atoms with Gasteiger partial charge in [-0.15, -0.1) is 0 Å². The molecule has 0 aliphatic heterocycles. The second-order valence-electron chi connectivity index (χ2n) is 4.63. The van der Waals surface area contributed by atoms with E-state index in [9.17, 15) is 14.4 Å². The lowest BCUT2D eigenvalue weighted by Crippen LogP contribution is -2.32. The Morgan fingerprint density at radius 2 is 1.75 bits per heavy atom. The molecule has 0 fully saturated rings. The van der Waals surface area contributed by atoms with Gasteiger partial charge >= 0.3 is 11.9 Å². The van der Waals surface area contributed by atoms with Crippen molar-refractivity contribution in [1.29, 1.82) is 0 Å². The third-order valence-corrected chi connectivity index (χ3v) is 1.83. The Hall–Kier alpha value is -1.39. The number of esters is 1. The van der Waals surface area contributed by atoms with Gasteiger partial charge in [0.2, 0.25) is 0 Å². The van der Waals surface area contributed by atoms with Crippen LogP contribution >= 0.6 is 0 Å². The molecule has 5 heteroatoms. The van der Waals surface area contributed by atoms with Crippen LogP contribution in [-0.4, -0.2) is 28.4 Å². The number of carbonyl (C=O) groups excluding carboxylic acids is 2. The fourth-order valence-electron chi connectivity index (χ4n) is 1.13. The highest BCUT2D eigenvalue weighted by Crippen LogP contribution is 2.16. The van der Waals surface area contributed by atoms with Gasteiger partial charge in [-0.3, -0.25) is 14.4 Å². The van der Waals surface area contributed by atoms with E-state index >= 15 is 0 Å². The highest BCUT2D eigenvalue weighted by atomic mass is 16.6. The fourth-order valence-corrected chi connectivity index (χ4v) is 1.13. The van der Waals surface area contributed by atoms with Gasteiger partial charge in [-0.25, -0.2) is 0 Å². The zero-order chi connectivity index (χ0) is 12.9. The summed E-state index contributed by atoms with van der Waals surface area (Å²) in [5.74, 6) is -3.03. The predicted octanol–water partition coefficient (Wildman–Crippen LogP) is 1.40. The summed E-state index contributed by atoms with van der Waals surface area (Å²) < 4.78 is 5.04. The second-order valence-corrected chi connectivity index (χ2v) is 4.63. The first-order valence-corrected chi connectivity index (χ1v) is 5.08. The summed E-state index contributed by atoms with van der Waals surface area (Å²) in [7, 11) is 0. The monoisotopic (exact) mass is 230 g/mol. The first kappa shape index (κ1) is 14.6. The lowest BCUT2D eigenvalue weighted by Gasteiger charge is -2.22. The number of Topliss-reactive ketones (excluding diaryl/α,β-unsaturated/α-hetero) is 1. The van der Waals surface area contributed by atoms with E-state index in [4.69, 9.17) is 9.84 Å². The van der Waals surface area contributed by atoms with Gasteiger partial charge in [0.15, 0.2) is 0 Å². The lowest BCUT2D eigenvalue weighted by atomic mass is 9.99. The Labute approximate surface area is 94.8 Å². The number of hydrogen-bond donors (Lipinski definition) is 1. The molecule has 0 saturated carbocycles. The van der Waals surface area contributed by atoms with Gasteiger partial charge in [0.05, 0.1) is 0 Å². The summed E-state index contributed by atoms with van der Waals surface area (Å²) in [6.07, 6.45) is -0.233. The molecule has 1 unspecified atom stereocenters. The molecule has 1 N–H and O–H groups in total. The standard InChI is InChI=1S/C11H18O5/c1-7(12)8(5-6-9(13)14)10(15)16-11(2,3)4/h8H,5-6H2,1-4H3,(H,13,14). The van der Waals surface area contributed by atoms with Crippen LogP contribution in [0.25, 0.3) is 0 Å². The van der Waals surface area contributed by atoms with E-state index in [0.29, 0.717) is 0 Å². The number of rotatable bonds is 5. The Bertz CT molecular complexity index is 287. The quantitative estimate of drug-likeness (QED) is 0.570. The van der Waals surface area contributed by atoms with E-state index in [1.165, 1.54) is 6.92 Å². The molecule has 0 amide bonds. The van der Waals surface area contributed by atoms with Crippen molar-refractivity contribution in [3.05, 3.63) is 0 Å². The van der Waals surface area contributed by atoms with E-state index in [-0.39, 0.29) is 18.6 Å². The van der Waals surface area contributed by atoms with Gasteiger partial charge in [0, 0.05) is 6.42 Å². The largest absolute Gasteiger partial charge is 0.481 e. The Kier molecular flexibility index (Phi) is 5.14. The van der Waals surface area contributed by atoms with Crippen LogP contribution in [0.4, 0.5) is 0 Å². The van der Waals surface area contributed by atoms with Crippen LogP contribution in [0.3, 0.4) is 0 Å². The SMILES string of the molecule is CC(=O)C(CCC(=O)O)C(=O)OC(C)(C)C. The molecule has 1 atom stereocenters. The molecule has 0 bridgehead atoms. The Balaban J connectivity index is 4.48. The minimum atomic E-state index is -1.03. The van der Waals surface area contributed by atoms with Crippen molar-refractivity contribution in [3.63, 3.8) is 0 Å². The van der Waals surface area contributed by atoms with E-state index in [1.807, 2.05) is 0 Å². The number of ether oxygens (including phenoxy) is 1. The molecule has 0 spiro atoms. The van der Waals surface area contributed by atoms with Crippen LogP contribution in [0.2, 0.25) is 0 Å². The third-order valence-electron chi connectivity index (χ3n) is 1.83. The lowest BCUT2D eigenvalue weighted by molar-refractivity contribution is -0.162. The van der Waals surface area contributed by atoms with E-state index < -0.39 is 23.5 Å². The molecule has 92 valence electrons. The molecular formula is C11H18O5. The highest BCUT2D eigenvalue weighted by Gasteiger charge is 2.28. The van der Waals surface area contributed by atoms with Crippen LogP contribution in [0.1, 0.15) is 40.5 Å². The van der Waals surface area contributed by atoms with Crippen molar-refractivity contribution in [2.45, 2.75) is 46.1 Å². The van der Waals surface area contributed by atoms with E-state index in [0.717, 1.165) is 0 Å². The smallest absolute Gasteiger partial charge is 0.316 e. The summed E-state index contributed by atoms with van der Waals surface area (Å²) in [6.45, 7) is 6.34. The molecule has 0 aliphatic carbocycles. The second kappa shape index (κ2) is 5.63. The number of carbonyl (C=O) groups is 3. The van der Waals surface area contributed by atoms with Crippen molar-refractivity contribution in [3.8, 4) is 0 Å². The zero-order valence-electron chi connectivity index (χ0n) is 10.1. The molecule has 0 aromatic carbocycles. The number of carboxylic acids is 1. The fraction of sp³-hybridized carbons (Fsp3) is 0.727. The summed E-state index contributed by atoms with van der Waals surface area (Å²) >= 11 is 0. The molecule has 0 aromatic rings. The summed E-state index contributed by atoms with van der Waals surface area (Å²) in [6, 6.07) is 0. The maximum atomic E-state index is 11.6. The molecule has 0 aliphatic rings. The Morgan fingerprint density at radius 3 is 2.06 bits per heavy atom. The first-order chi connectivity index (χ1) is 7.13. The van der Waals surface area contributed by atoms with Crippen molar-refractivity contribution < 1.29 is 24.2 Å². The van der Waals surface area contributed by atoms with Gasteiger partial charge in [0.1, 0.15) is 17.3 Å². The van der Waals surface area contributed by atoms with Crippen molar-refractivity contribution in [1.82, 2.24) is 0 Å². The van der Waals surface area contributed by atoms with Crippen molar-refractivity contribution >= 4 is 17.7 Å². The van der Waals surface area contributed by atoms with Crippen LogP contribution in [0.5, 0.6) is 0 Å². The minimum absolute atomic E-state index is 0.0143. The van der Waals surface area contributed by atoms with E-state index in [2.05, 4.69) is 0 Å². The van der Waals surface area contributed by atoms with Gasteiger partial charge in [-0.2, -0.15) is 0 Å². The molecule has 0 aromatic heterocycles. The molecule has 16 heavy (non-hydrogen) atoms. The maximum Gasteiger partial charge on any atom is 0.316 e. The predicted molar refractivity (Wildman–Crippen MR) is 56.9 cm³/mol. The number of aliphatic carboxylic acids is 1. The van der Waals surface area contributed by atoms with Gasteiger partial charge < -0.3 is 9.84 Å². The first-order valence-electron chi connectivity index (χ1n) is 5.08. The highest BCUT2D eigenvalue weighted by molar-refractivity contribution is 5.98. The van der Waals surface area contributed by atoms with Crippen LogP contribution < -0.4 is 0 Å². The van der Waals surface area contributed by atoms with E-state index in [1.54, 1.807) is 20.8 Å². The number of carboxylic acid groups (broad SMARTS) is 1. The number of hydrogen-bond acceptors (Lipinski definition) is 4. The molecule has 0 saturated heterocycles.